The molecule has 1 saturated carbocycles. The summed E-state index contributed by atoms with van der Waals surface area (Å²) in [6.07, 6.45) is 7.49. The van der Waals surface area contributed by atoms with Gasteiger partial charge in [-0.25, -0.2) is 20.8 Å². The Kier molecular flexibility index (Phi) is 3.39. The largest absolute Gasteiger partial charge is 0.382 e. The summed E-state index contributed by atoms with van der Waals surface area (Å²) < 4.78 is 0. The molecule has 7 heteroatoms. The van der Waals surface area contributed by atoms with Crippen molar-refractivity contribution >= 4 is 33.1 Å². The second-order valence-electron chi connectivity index (χ2n) is 5.97. The summed E-state index contributed by atoms with van der Waals surface area (Å²) in [7, 11) is 1.73. The van der Waals surface area contributed by atoms with Crippen LogP contribution in [0, 0.1) is 0 Å². The number of fused-ring (bicyclic) bond motifs is 1. The van der Waals surface area contributed by atoms with E-state index in [2.05, 4.69) is 16.0 Å². The maximum atomic E-state index is 5.85. The normalized spacial score (nSPS) is 14.9. The highest BCUT2D eigenvalue weighted by molar-refractivity contribution is 7.18. The minimum absolute atomic E-state index is 0.392. The van der Waals surface area contributed by atoms with E-state index in [9.17, 15) is 0 Å². The summed E-state index contributed by atoms with van der Waals surface area (Å²) in [6, 6.07) is 4.10. The zero-order valence-electron chi connectivity index (χ0n) is 12.9. The standard InChI is InChI=1S/C16H18N6S/c1-22(18)12-5-10(7-19-14(12)17)15-20-8-11-6-13(9-3-2-4-9)23-16(11)21-15/h5-9H,2-4,18H2,1H3,(H2,17,19). The number of hydrogen-bond donors (Lipinski definition) is 2. The highest BCUT2D eigenvalue weighted by atomic mass is 32.1. The number of hydrazine groups is 1. The van der Waals surface area contributed by atoms with Crippen LogP contribution >= 0.6 is 11.3 Å². The van der Waals surface area contributed by atoms with E-state index < -0.39 is 0 Å². The van der Waals surface area contributed by atoms with Crippen molar-refractivity contribution in [3.8, 4) is 11.4 Å². The van der Waals surface area contributed by atoms with Gasteiger partial charge < -0.3 is 10.7 Å². The Hall–Kier alpha value is -2.25. The molecule has 4 N–H and O–H groups in total. The van der Waals surface area contributed by atoms with Crippen LogP contribution < -0.4 is 16.6 Å². The molecule has 3 aromatic rings. The van der Waals surface area contributed by atoms with Crippen molar-refractivity contribution in [3.63, 3.8) is 0 Å². The third-order valence-corrected chi connectivity index (χ3v) is 5.54. The predicted octanol–water partition coefficient (Wildman–Crippen LogP) is 2.91. The lowest BCUT2D eigenvalue weighted by Gasteiger charge is -2.23. The number of thiophene rings is 1. The quantitative estimate of drug-likeness (QED) is 0.568. The Bertz CT molecular complexity index is 868. The van der Waals surface area contributed by atoms with Crippen molar-refractivity contribution in [3.05, 3.63) is 29.4 Å². The summed E-state index contributed by atoms with van der Waals surface area (Å²) in [6.45, 7) is 0. The number of rotatable bonds is 3. The van der Waals surface area contributed by atoms with Crippen LogP contribution in [-0.2, 0) is 0 Å². The lowest BCUT2D eigenvalue weighted by Crippen LogP contribution is -2.26. The first-order valence-electron chi connectivity index (χ1n) is 7.62. The van der Waals surface area contributed by atoms with E-state index >= 15 is 0 Å². The third kappa shape index (κ3) is 2.51. The minimum Gasteiger partial charge on any atom is -0.382 e. The Morgan fingerprint density at radius 1 is 1.22 bits per heavy atom. The zero-order chi connectivity index (χ0) is 16.0. The average molecular weight is 326 g/mol. The van der Waals surface area contributed by atoms with E-state index in [1.165, 1.54) is 29.1 Å². The molecule has 0 aromatic carbocycles. The lowest BCUT2D eigenvalue weighted by atomic mass is 9.84. The van der Waals surface area contributed by atoms with Crippen molar-refractivity contribution in [2.45, 2.75) is 25.2 Å². The number of nitrogens with zero attached hydrogens (tertiary/aromatic N) is 4. The summed E-state index contributed by atoms with van der Waals surface area (Å²) in [5, 5.41) is 2.56. The van der Waals surface area contributed by atoms with E-state index in [1.54, 1.807) is 24.6 Å². The van der Waals surface area contributed by atoms with Gasteiger partial charge >= 0.3 is 0 Å². The second kappa shape index (κ2) is 5.43. The average Bonchev–Trinajstić information content (AvgIpc) is 2.87. The highest BCUT2D eigenvalue weighted by Gasteiger charge is 2.22. The van der Waals surface area contributed by atoms with Gasteiger partial charge in [0.1, 0.15) is 10.6 Å². The topological polar surface area (TPSA) is 94.0 Å². The van der Waals surface area contributed by atoms with Gasteiger partial charge in [-0.3, -0.25) is 0 Å². The molecule has 1 fully saturated rings. The van der Waals surface area contributed by atoms with Crippen LogP contribution in [0.1, 0.15) is 30.1 Å². The molecule has 118 valence electrons. The summed E-state index contributed by atoms with van der Waals surface area (Å²) in [4.78, 5) is 15.8. The van der Waals surface area contributed by atoms with Gasteiger partial charge in [0.2, 0.25) is 0 Å². The molecule has 1 aliphatic rings. The molecule has 4 rings (SSSR count). The first-order valence-corrected chi connectivity index (χ1v) is 8.44. The number of hydrogen-bond acceptors (Lipinski definition) is 7. The number of pyridine rings is 1. The first kappa shape index (κ1) is 14.3. The zero-order valence-corrected chi connectivity index (χ0v) is 13.7. The highest BCUT2D eigenvalue weighted by Crippen LogP contribution is 2.41. The molecule has 0 spiro atoms. The van der Waals surface area contributed by atoms with Crippen molar-refractivity contribution in [1.29, 1.82) is 0 Å². The first-order chi connectivity index (χ1) is 11.1. The summed E-state index contributed by atoms with van der Waals surface area (Å²) in [5.74, 6) is 7.54. The molecule has 1 aliphatic carbocycles. The molecule has 3 heterocycles. The maximum absolute atomic E-state index is 5.85. The molecule has 0 radical (unpaired) electrons. The van der Waals surface area contributed by atoms with Crippen molar-refractivity contribution < 1.29 is 0 Å². The molecular weight excluding hydrogens is 308 g/mol. The van der Waals surface area contributed by atoms with Gasteiger partial charge in [-0.05, 0) is 30.9 Å². The third-order valence-electron chi connectivity index (χ3n) is 4.34. The lowest BCUT2D eigenvalue weighted by molar-refractivity contribution is 0.426. The van der Waals surface area contributed by atoms with Crippen molar-refractivity contribution in [1.82, 2.24) is 15.0 Å². The molecule has 23 heavy (non-hydrogen) atoms. The van der Waals surface area contributed by atoms with Gasteiger partial charge in [-0.2, -0.15) is 0 Å². The Morgan fingerprint density at radius 2 is 2.04 bits per heavy atom. The molecule has 0 aliphatic heterocycles. The Balaban J connectivity index is 1.75. The van der Waals surface area contributed by atoms with Crippen LogP contribution in [0.5, 0.6) is 0 Å². The van der Waals surface area contributed by atoms with Crippen LogP contribution in [-0.4, -0.2) is 22.0 Å². The van der Waals surface area contributed by atoms with E-state index in [1.807, 2.05) is 12.3 Å². The number of nitrogens with two attached hydrogens (primary N) is 2. The van der Waals surface area contributed by atoms with Crippen LogP contribution in [0.15, 0.2) is 24.5 Å². The van der Waals surface area contributed by atoms with E-state index in [0.29, 0.717) is 23.2 Å². The van der Waals surface area contributed by atoms with Crippen molar-refractivity contribution in [2.75, 3.05) is 17.8 Å². The Morgan fingerprint density at radius 3 is 2.74 bits per heavy atom. The minimum atomic E-state index is 0.392. The van der Waals surface area contributed by atoms with Crippen molar-refractivity contribution in [2.24, 2.45) is 5.84 Å². The van der Waals surface area contributed by atoms with E-state index in [4.69, 9.17) is 16.6 Å². The van der Waals surface area contributed by atoms with Crippen LogP contribution in [0.25, 0.3) is 21.6 Å². The van der Waals surface area contributed by atoms with Gasteiger partial charge in [-0.1, -0.05) is 6.42 Å². The molecule has 0 unspecified atom stereocenters. The van der Waals surface area contributed by atoms with E-state index in [-0.39, 0.29) is 0 Å². The van der Waals surface area contributed by atoms with Crippen LogP contribution in [0.4, 0.5) is 11.5 Å². The molecule has 0 saturated heterocycles. The smallest absolute Gasteiger partial charge is 0.162 e. The number of aromatic nitrogens is 3. The molecule has 0 bridgehead atoms. The van der Waals surface area contributed by atoms with Gasteiger partial charge in [0.05, 0.1) is 5.69 Å². The second-order valence-corrected chi connectivity index (χ2v) is 7.03. The maximum Gasteiger partial charge on any atom is 0.162 e. The predicted molar refractivity (Wildman–Crippen MR) is 94.2 cm³/mol. The van der Waals surface area contributed by atoms with Crippen LogP contribution in [0.3, 0.4) is 0 Å². The number of anilines is 2. The van der Waals surface area contributed by atoms with Crippen LogP contribution in [0.2, 0.25) is 0 Å². The summed E-state index contributed by atoms with van der Waals surface area (Å²) >= 11 is 1.77. The molecule has 0 atom stereocenters. The molecule has 0 amide bonds. The van der Waals surface area contributed by atoms with E-state index in [0.717, 1.165) is 15.8 Å². The van der Waals surface area contributed by atoms with Gasteiger partial charge in [0.15, 0.2) is 5.82 Å². The van der Waals surface area contributed by atoms with Gasteiger partial charge in [0, 0.05) is 35.3 Å². The fourth-order valence-electron chi connectivity index (χ4n) is 2.75. The van der Waals surface area contributed by atoms with Gasteiger partial charge in [-0.15, -0.1) is 11.3 Å². The fraction of sp³-hybridized carbons (Fsp3) is 0.312. The summed E-state index contributed by atoms with van der Waals surface area (Å²) in [5.41, 5.74) is 7.32. The number of nitrogen functional groups attached to an aromatic ring is 1. The monoisotopic (exact) mass is 326 g/mol. The molecule has 6 nitrogen and oxygen atoms in total. The Labute approximate surface area is 138 Å². The molecular formula is C16H18N6S. The SMILES string of the molecule is CN(N)c1cc(-c2ncc3cc(C4CCC4)sc3n2)cnc1N. The fourth-order valence-corrected chi connectivity index (χ4v) is 3.93. The molecule has 3 aromatic heterocycles. The van der Waals surface area contributed by atoms with Gasteiger partial charge in [0.25, 0.3) is 0 Å².